The minimum Gasteiger partial charge on any atom is -0.494 e. The van der Waals surface area contributed by atoms with Gasteiger partial charge in [-0.15, -0.1) is 0 Å². The summed E-state index contributed by atoms with van der Waals surface area (Å²) in [5, 5.41) is 5.63. The number of hydrogen-bond acceptors (Lipinski definition) is 9. The van der Waals surface area contributed by atoms with Crippen LogP contribution in [0.1, 0.15) is 75.8 Å². The average Bonchev–Trinajstić information content (AvgIpc) is 3.58. The summed E-state index contributed by atoms with van der Waals surface area (Å²) in [6.07, 6.45) is 9.64. The van der Waals surface area contributed by atoms with Crippen molar-refractivity contribution in [2.45, 2.75) is 95.8 Å². The monoisotopic (exact) mass is 683 g/mol. The first-order valence-electron chi connectivity index (χ1n) is 18.1. The number of hydrogen-bond donors (Lipinski definition) is 2. The number of methoxy groups -OCH3 is 2. The molecule has 2 aromatic rings. The van der Waals surface area contributed by atoms with E-state index in [1.165, 1.54) is 12.8 Å². The third kappa shape index (κ3) is 13.3. The van der Waals surface area contributed by atoms with E-state index in [2.05, 4.69) is 28.5 Å². The van der Waals surface area contributed by atoms with Crippen LogP contribution < -0.4 is 24.8 Å². The molecule has 272 valence electrons. The molecule has 49 heavy (non-hydrogen) atoms. The van der Waals surface area contributed by atoms with E-state index in [0.29, 0.717) is 38.8 Å². The topological polar surface area (TPSA) is 117 Å². The van der Waals surface area contributed by atoms with Gasteiger partial charge in [-0.2, -0.15) is 0 Å². The van der Waals surface area contributed by atoms with Gasteiger partial charge in [0.1, 0.15) is 11.9 Å². The predicted molar refractivity (Wildman–Crippen MR) is 189 cm³/mol. The lowest BCUT2D eigenvalue weighted by Crippen LogP contribution is -2.46. The van der Waals surface area contributed by atoms with Crippen LogP contribution in [0.2, 0.25) is 0 Å². The van der Waals surface area contributed by atoms with Crippen molar-refractivity contribution in [1.29, 1.82) is 0 Å². The number of amides is 2. The zero-order valence-electron chi connectivity index (χ0n) is 29.7. The summed E-state index contributed by atoms with van der Waals surface area (Å²) in [6, 6.07) is 14.2. The SMILES string of the molecule is CCCCOc1ccc(CCOC(=O)NCCCCNC(=O)O[C@@H]2CCN(C3CCCC[C@H]3OCCc3ccc(OC)c(OC)c3)C2)cc1. The highest BCUT2D eigenvalue weighted by Gasteiger charge is 2.36. The second kappa shape index (κ2) is 21.4. The van der Waals surface area contributed by atoms with Gasteiger partial charge in [0.25, 0.3) is 0 Å². The maximum absolute atomic E-state index is 12.5. The Balaban J connectivity index is 1.03. The van der Waals surface area contributed by atoms with Crippen LogP contribution in [0.5, 0.6) is 17.2 Å². The van der Waals surface area contributed by atoms with Crippen LogP contribution in [0.3, 0.4) is 0 Å². The zero-order valence-corrected chi connectivity index (χ0v) is 29.7. The van der Waals surface area contributed by atoms with Crippen LogP contribution in [0.15, 0.2) is 42.5 Å². The number of rotatable bonds is 20. The van der Waals surface area contributed by atoms with Gasteiger partial charge in [-0.3, -0.25) is 4.90 Å². The molecule has 1 heterocycles. The Morgan fingerprint density at radius 3 is 2.27 bits per heavy atom. The normalized spacial score (nSPS) is 19.2. The summed E-state index contributed by atoms with van der Waals surface area (Å²) in [4.78, 5) is 26.9. The molecular weight excluding hydrogens is 626 g/mol. The van der Waals surface area contributed by atoms with Gasteiger partial charge in [0.05, 0.1) is 40.1 Å². The van der Waals surface area contributed by atoms with Crippen molar-refractivity contribution in [3.05, 3.63) is 53.6 Å². The number of carbonyl (C=O) groups excluding carboxylic acids is 2. The molecular formula is C38H57N3O8. The maximum atomic E-state index is 12.5. The molecule has 0 aromatic heterocycles. The van der Waals surface area contributed by atoms with Crippen molar-refractivity contribution < 1.29 is 38.0 Å². The van der Waals surface area contributed by atoms with Crippen molar-refractivity contribution in [2.75, 3.05) is 60.2 Å². The van der Waals surface area contributed by atoms with Crippen molar-refractivity contribution >= 4 is 12.2 Å². The van der Waals surface area contributed by atoms with Crippen molar-refractivity contribution in [3.8, 4) is 17.2 Å². The molecule has 1 saturated heterocycles. The maximum Gasteiger partial charge on any atom is 0.407 e. The summed E-state index contributed by atoms with van der Waals surface area (Å²) in [5.74, 6) is 2.32. The van der Waals surface area contributed by atoms with Gasteiger partial charge in [-0.05, 0) is 80.3 Å². The largest absolute Gasteiger partial charge is 0.494 e. The highest BCUT2D eigenvalue weighted by atomic mass is 16.6. The van der Waals surface area contributed by atoms with Crippen molar-refractivity contribution in [3.63, 3.8) is 0 Å². The van der Waals surface area contributed by atoms with Crippen LogP contribution in [0, 0.1) is 0 Å². The van der Waals surface area contributed by atoms with E-state index in [0.717, 1.165) is 99.4 Å². The van der Waals surface area contributed by atoms with Gasteiger partial charge in [0.15, 0.2) is 11.5 Å². The highest BCUT2D eigenvalue weighted by molar-refractivity contribution is 5.67. The molecule has 3 atom stereocenters. The van der Waals surface area contributed by atoms with Crippen molar-refractivity contribution in [2.24, 2.45) is 0 Å². The minimum absolute atomic E-state index is 0.122. The molecule has 2 aliphatic rings. The Kier molecular flexibility index (Phi) is 16.6. The molecule has 0 radical (unpaired) electrons. The average molecular weight is 684 g/mol. The van der Waals surface area contributed by atoms with E-state index in [-0.39, 0.29) is 18.3 Å². The number of nitrogens with one attached hydrogen (secondary N) is 2. The Morgan fingerprint density at radius 1 is 0.796 bits per heavy atom. The molecule has 1 aliphatic carbocycles. The number of alkyl carbamates (subject to hydrolysis) is 2. The molecule has 1 unspecified atom stereocenters. The third-order valence-electron chi connectivity index (χ3n) is 9.21. The Morgan fingerprint density at radius 2 is 1.51 bits per heavy atom. The molecule has 2 amide bonds. The first-order chi connectivity index (χ1) is 24.0. The Labute approximate surface area is 292 Å². The summed E-state index contributed by atoms with van der Waals surface area (Å²) in [5.41, 5.74) is 2.24. The molecule has 11 nitrogen and oxygen atoms in total. The molecule has 1 saturated carbocycles. The first kappa shape index (κ1) is 38.1. The van der Waals surface area contributed by atoms with Gasteiger partial charge in [0.2, 0.25) is 0 Å². The van der Waals surface area contributed by atoms with Crippen LogP contribution in [-0.2, 0) is 27.1 Å². The third-order valence-corrected chi connectivity index (χ3v) is 9.21. The van der Waals surface area contributed by atoms with Crippen LogP contribution in [0.25, 0.3) is 0 Å². The van der Waals surface area contributed by atoms with E-state index in [1.54, 1.807) is 14.2 Å². The summed E-state index contributed by atoms with van der Waals surface area (Å²) >= 11 is 0. The van der Waals surface area contributed by atoms with E-state index >= 15 is 0 Å². The Hall–Kier alpha value is -3.70. The number of carbonyl (C=O) groups is 2. The number of ether oxygens (including phenoxy) is 6. The van der Waals surface area contributed by atoms with Crippen LogP contribution in [-0.4, -0.2) is 95.6 Å². The van der Waals surface area contributed by atoms with Gasteiger partial charge < -0.3 is 39.1 Å². The molecule has 2 aromatic carbocycles. The quantitative estimate of drug-likeness (QED) is 0.155. The van der Waals surface area contributed by atoms with E-state index in [4.69, 9.17) is 28.4 Å². The fourth-order valence-electron chi connectivity index (χ4n) is 6.43. The van der Waals surface area contributed by atoms with E-state index in [1.807, 2.05) is 36.4 Å². The van der Waals surface area contributed by atoms with Gasteiger partial charge in [-0.25, -0.2) is 9.59 Å². The molecule has 0 bridgehead atoms. The van der Waals surface area contributed by atoms with Gasteiger partial charge in [-0.1, -0.05) is 44.4 Å². The van der Waals surface area contributed by atoms with E-state index < -0.39 is 6.09 Å². The fraction of sp³-hybridized carbons (Fsp3) is 0.632. The lowest BCUT2D eigenvalue weighted by Gasteiger charge is -2.37. The minimum atomic E-state index is -0.429. The molecule has 0 spiro atoms. The number of nitrogens with zero attached hydrogens (tertiary/aromatic N) is 1. The van der Waals surface area contributed by atoms with Gasteiger partial charge in [0, 0.05) is 38.6 Å². The molecule has 11 heteroatoms. The summed E-state index contributed by atoms with van der Waals surface area (Å²) < 4.78 is 34.0. The zero-order chi connectivity index (χ0) is 34.7. The summed E-state index contributed by atoms with van der Waals surface area (Å²) in [7, 11) is 3.29. The Bertz CT molecular complexity index is 1260. The number of benzene rings is 2. The predicted octanol–water partition coefficient (Wildman–Crippen LogP) is 6.30. The first-order valence-corrected chi connectivity index (χ1v) is 18.1. The lowest BCUT2D eigenvalue weighted by molar-refractivity contribution is -0.0319. The standard InChI is InChI=1S/C38H57N3O8/c1-4-5-24-46-31-15-12-29(13-16-31)19-26-48-37(42)39-21-8-9-22-40-38(43)49-32-18-23-41(28-32)33-10-6-7-11-34(33)47-25-20-30-14-17-35(44-2)36(27-30)45-3/h12-17,27,32-34H,4-11,18-26,28H2,1-3H3,(H,39,42)(H,40,43)/t32-,33?,34-/m1/s1. The number of likely N-dealkylation sites (tertiary alicyclic amines) is 1. The molecule has 4 rings (SSSR count). The van der Waals surface area contributed by atoms with E-state index in [9.17, 15) is 9.59 Å². The van der Waals surface area contributed by atoms with Crippen molar-refractivity contribution in [1.82, 2.24) is 15.5 Å². The second-order valence-electron chi connectivity index (χ2n) is 12.8. The second-order valence-corrected chi connectivity index (χ2v) is 12.8. The highest BCUT2D eigenvalue weighted by Crippen LogP contribution is 2.30. The lowest BCUT2D eigenvalue weighted by atomic mass is 9.91. The fourth-order valence-corrected chi connectivity index (χ4v) is 6.43. The number of unbranched alkanes of at least 4 members (excludes halogenated alkanes) is 2. The molecule has 1 aliphatic heterocycles. The van der Waals surface area contributed by atoms with Crippen LogP contribution >= 0.6 is 0 Å². The molecule has 2 fully saturated rings. The van der Waals surface area contributed by atoms with Crippen LogP contribution in [0.4, 0.5) is 9.59 Å². The summed E-state index contributed by atoms with van der Waals surface area (Å²) in [6.45, 7) is 6.42. The smallest absolute Gasteiger partial charge is 0.407 e. The molecule has 2 N–H and O–H groups in total. The van der Waals surface area contributed by atoms with Gasteiger partial charge >= 0.3 is 12.2 Å².